The molecule has 0 aliphatic carbocycles. The number of nitrogens with one attached hydrogen (secondary N) is 2. The molecular formula is C74H109N3O15. The first-order valence-corrected chi connectivity index (χ1v) is 33.8. The Kier molecular flexibility index (Phi) is 32.0. The van der Waals surface area contributed by atoms with E-state index in [9.17, 15) is 19.2 Å². The van der Waals surface area contributed by atoms with Crippen LogP contribution < -0.4 is 29.7 Å². The zero-order valence-electron chi connectivity index (χ0n) is 57.0. The topological polar surface area (TPSA) is 208 Å². The molecule has 2 heterocycles. The van der Waals surface area contributed by atoms with Gasteiger partial charge in [-0.1, -0.05) is 127 Å². The maximum absolute atomic E-state index is 14.7. The average molecular weight is 1280 g/mol. The summed E-state index contributed by atoms with van der Waals surface area (Å²) in [5.41, 5.74) is 7.11. The molecule has 510 valence electrons. The number of hydrogen-bond donors (Lipinski definition) is 3. The van der Waals surface area contributed by atoms with Crippen molar-refractivity contribution in [3.8, 4) is 23.0 Å². The van der Waals surface area contributed by atoms with Gasteiger partial charge in [-0.15, -0.1) is 0 Å². The molecule has 92 heavy (non-hydrogen) atoms. The highest BCUT2D eigenvalue weighted by Gasteiger charge is 2.41. The summed E-state index contributed by atoms with van der Waals surface area (Å²) >= 11 is 0. The molecule has 4 aromatic carbocycles. The van der Waals surface area contributed by atoms with Gasteiger partial charge in [-0.3, -0.25) is 24.4 Å². The molecule has 0 unspecified atom stereocenters. The van der Waals surface area contributed by atoms with Crippen molar-refractivity contribution in [3.05, 3.63) is 118 Å². The first-order valence-electron chi connectivity index (χ1n) is 33.8. The van der Waals surface area contributed by atoms with Crippen LogP contribution in [0.3, 0.4) is 0 Å². The first kappa shape index (κ1) is 74.8. The van der Waals surface area contributed by atoms with Crippen molar-refractivity contribution in [1.29, 1.82) is 0 Å². The molecule has 6 rings (SSSR count). The number of hydrogen-bond acceptors (Lipinski definition) is 15. The minimum Gasteiger partial charge on any atom is -0.497 e. The number of methoxy groups -OCH3 is 2. The van der Waals surface area contributed by atoms with Crippen molar-refractivity contribution in [2.75, 3.05) is 100.0 Å². The van der Waals surface area contributed by atoms with E-state index in [1.54, 1.807) is 19.1 Å². The zero-order chi connectivity index (χ0) is 66.3. The van der Waals surface area contributed by atoms with Crippen LogP contribution in [0.1, 0.15) is 170 Å². The zero-order valence-corrected chi connectivity index (χ0v) is 57.0. The molecule has 3 amide bonds. The van der Waals surface area contributed by atoms with E-state index in [4.69, 9.17) is 52.6 Å². The predicted octanol–water partition coefficient (Wildman–Crippen LogP) is 12.5. The maximum atomic E-state index is 14.7. The molecule has 0 spiro atoms. The van der Waals surface area contributed by atoms with Gasteiger partial charge in [-0.2, -0.15) is 0 Å². The van der Waals surface area contributed by atoms with Crippen LogP contribution in [0.4, 0.5) is 0 Å². The van der Waals surface area contributed by atoms with Crippen LogP contribution in [-0.4, -0.2) is 145 Å². The van der Waals surface area contributed by atoms with Crippen LogP contribution in [0, 0.1) is 44.4 Å². The van der Waals surface area contributed by atoms with Gasteiger partial charge in [0.15, 0.2) is 0 Å². The second-order valence-corrected chi connectivity index (χ2v) is 25.9. The average Bonchev–Trinajstić information content (AvgIpc) is 0.769. The summed E-state index contributed by atoms with van der Waals surface area (Å²) in [6, 6.07) is 23.7. The van der Waals surface area contributed by atoms with E-state index in [0.717, 1.165) is 81.9 Å². The Balaban J connectivity index is 0.908. The highest BCUT2D eigenvalue weighted by molar-refractivity contribution is 5.88. The highest BCUT2D eigenvalue weighted by Crippen LogP contribution is 2.46. The number of carbonyl (C=O) groups excluding carboxylic acids is 4. The Hall–Kier alpha value is -6.28. The van der Waals surface area contributed by atoms with E-state index in [1.165, 1.54) is 62.4 Å². The third-order valence-corrected chi connectivity index (χ3v) is 18.3. The number of rotatable bonds is 43. The standard InChI is InChI=1S/C74H109N3O15/c1-53(2)17-14-18-54(3)19-15-20-55(4)21-16-38-73(8)39-34-65-58(7)70(56(5)57(6)71(65)92-73)89-50-49-88-48-47-87-46-45-86-44-43-85-42-37-67(78)75-66(72(81)77-40-35-59(36-41-77)51-90-69(80)33-32-68(79)76-82)52-91-74(60-22-12-11-13-23-60,61-24-28-63(83-9)29-25-61)62-26-30-64(84-10)31-27-62/h11-13,22-31,53-55,59,66,82H,14-21,32-52H2,1-10H3,(H,75,78)(H,76,79)/t54-,55-,66+,73-/m1/s1. The number of benzene rings is 4. The lowest BCUT2D eigenvalue weighted by Gasteiger charge is -2.38. The summed E-state index contributed by atoms with van der Waals surface area (Å²) in [6.45, 7) is 22.0. The molecule has 0 bridgehead atoms. The molecule has 1 saturated heterocycles. The van der Waals surface area contributed by atoms with E-state index >= 15 is 0 Å². The second kappa shape index (κ2) is 39.4. The van der Waals surface area contributed by atoms with Gasteiger partial charge >= 0.3 is 5.97 Å². The normalized spacial score (nSPS) is 16.1. The Bertz CT molecular complexity index is 2780. The fraction of sp³-hybridized carbons (Fsp3) is 0.622. The van der Waals surface area contributed by atoms with E-state index in [2.05, 4.69) is 60.7 Å². The van der Waals surface area contributed by atoms with E-state index < -0.39 is 29.4 Å². The monoisotopic (exact) mass is 1280 g/mol. The first-order chi connectivity index (χ1) is 44.4. The molecule has 2 aliphatic heterocycles. The third kappa shape index (κ3) is 23.6. The number of esters is 1. The number of ether oxygens (including phenoxy) is 10. The molecule has 0 aromatic heterocycles. The van der Waals surface area contributed by atoms with Crippen molar-refractivity contribution in [2.24, 2.45) is 23.7 Å². The molecule has 2 aliphatic rings. The van der Waals surface area contributed by atoms with Crippen LogP contribution in [0.25, 0.3) is 0 Å². The predicted molar refractivity (Wildman–Crippen MR) is 356 cm³/mol. The third-order valence-electron chi connectivity index (χ3n) is 18.3. The van der Waals surface area contributed by atoms with Gasteiger partial charge in [0.05, 0.1) is 86.7 Å². The Morgan fingerprint density at radius 2 is 1.17 bits per heavy atom. The van der Waals surface area contributed by atoms with Crippen molar-refractivity contribution in [2.45, 2.75) is 175 Å². The van der Waals surface area contributed by atoms with Gasteiger partial charge < -0.3 is 57.6 Å². The van der Waals surface area contributed by atoms with Gasteiger partial charge in [0.2, 0.25) is 17.7 Å². The lowest BCUT2D eigenvalue weighted by Crippen LogP contribution is -2.54. The van der Waals surface area contributed by atoms with Gasteiger partial charge in [0, 0.05) is 31.5 Å². The van der Waals surface area contributed by atoms with Crippen LogP contribution in [-0.2, 0) is 59.6 Å². The SMILES string of the molecule is COc1ccc(C(OC[C@H](NC(=O)CCOCCOCCOCCOCCOc2c(C)c(C)c3c(c2C)CC[C@@](C)(CCC[C@H](C)CCC[C@H](C)CCCC(C)C)O3)C(=O)N2CCC(COC(=O)CCC(=O)NO)CC2)(c2ccccc2)c2ccc(OC)cc2)cc1. The number of nitrogens with zero attached hydrogens (tertiary/aromatic N) is 1. The number of amides is 3. The lowest BCUT2D eigenvalue weighted by atomic mass is 9.80. The number of hydroxylamine groups is 1. The molecule has 18 heteroatoms. The number of likely N-dealkylation sites (tertiary alicyclic amines) is 1. The van der Waals surface area contributed by atoms with E-state index in [-0.39, 0.29) is 63.1 Å². The fourth-order valence-corrected chi connectivity index (χ4v) is 12.4. The quantitative estimate of drug-likeness (QED) is 0.0124. The molecule has 1 fully saturated rings. The van der Waals surface area contributed by atoms with Crippen LogP contribution >= 0.6 is 0 Å². The van der Waals surface area contributed by atoms with Crippen molar-refractivity contribution in [3.63, 3.8) is 0 Å². The summed E-state index contributed by atoms with van der Waals surface area (Å²) < 4.78 is 60.0. The van der Waals surface area contributed by atoms with Crippen molar-refractivity contribution in [1.82, 2.24) is 15.7 Å². The fourth-order valence-electron chi connectivity index (χ4n) is 12.4. The Morgan fingerprint density at radius 1 is 0.641 bits per heavy atom. The summed E-state index contributed by atoms with van der Waals surface area (Å²) in [5.74, 6) is 3.71. The highest BCUT2D eigenvalue weighted by atomic mass is 16.6. The molecule has 4 atom stereocenters. The molecule has 0 radical (unpaired) electrons. The Morgan fingerprint density at radius 3 is 1.73 bits per heavy atom. The summed E-state index contributed by atoms with van der Waals surface area (Å²) in [5, 5.41) is 11.7. The van der Waals surface area contributed by atoms with E-state index in [0.29, 0.717) is 83.7 Å². The van der Waals surface area contributed by atoms with Crippen LogP contribution in [0.2, 0.25) is 0 Å². The van der Waals surface area contributed by atoms with Gasteiger partial charge in [0.25, 0.3) is 0 Å². The van der Waals surface area contributed by atoms with Gasteiger partial charge in [0.1, 0.15) is 46.8 Å². The summed E-state index contributed by atoms with van der Waals surface area (Å²) in [4.78, 5) is 53.9. The molecule has 4 aromatic rings. The number of piperidine rings is 1. The second-order valence-electron chi connectivity index (χ2n) is 25.9. The molecular weight excluding hydrogens is 1170 g/mol. The van der Waals surface area contributed by atoms with Gasteiger partial charge in [-0.25, -0.2) is 5.48 Å². The summed E-state index contributed by atoms with van der Waals surface area (Å²) in [7, 11) is 3.20. The minimum absolute atomic E-state index is 0.0216. The molecule has 0 saturated carbocycles. The van der Waals surface area contributed by atoms with Gasteiger partial charge in [-0.05, 0) is 148 Å². The number of carbonyl (C=O) groups is 4. The minimum atomic E-state index is -1.26. The smallest absolute Gasteiger partial charge is 0.306 e. The Labute approximate surface area is 548 Å². The maximum Gasteiger partial charge on any atom is 0.306 e. The van der Waals surface area contributed by atoms with Crippen molar-refractivity contribution < 1.29 is 71.8 Å². The summed E-state index contributed by atoms with van der Waals surface area (Å²) in [6.07, 6.45) is 14.3. The van der Waals surface area contributed by atoms with Crippen LogP contribution in [0.5, 0.6) is 23.0 Å². The number of fused-ring (bicyclic) bond motifs is 1. The largest absolute Gasteiger partial charge is 0.497 e. The van der Waals surface area contributed by atoms with E-state index in [1.807, 2.05) is 78.9 Å². The van der Waals surface area contributed by atoms with Crippen molar-refractivity contribution >= 4 is 23.7 Å². The molecule has 18 nitrogen and oxygen atoms in total. The molecule has 3 N–H and O–H groups in total. The van der Waals surface area contributed by atoms with Crippen LogP contribution in [0.15, 0.2) is 78.9 Å². The lowest BCUT2D eigenvalue weighted by molar-refractivity contribution is -0.148.